The number of aromatic nitrogens is 1. The Balaban J connectivity index is 1.90. The fourth-order valence-corrected chi connectivity index (χ4v) is 4.97. The summed E-state index contributed by atoms with van der Waals surface area (Å²) in [5.74, 6) is 0.624. The molecule has 1 unspecified atom stereocenters. The molecule has 0 amide bonds. The molecular weight excluding hydrogens is 450 g/mol. The van der Waals surface area contributed by atoms with Gasteiger partial charge < -0.3 is 5.73 Å². The zero-order valence-corrected chi connectivity index (χ0v) is 21.1. The third kappa shape index (κ3) is 5.30. The van der Waals surface area contributed by atoms with Crippen LogP contribution in [0.2, 0.25) is 0 Å². The second-order valence-corrected chi connectivity index (χ2v) is 9.51. The smallest absolute Gasteiger partial charge is 0.192 e. The number of aryl methyl sites for hydroxylation is 2. The van der Waals surface area contributed by atoms with Gasteiger partial charge in [-0.3, -0.25) is 9.78 Å². The van der Waals surface area contributed by atoms with Gasteiger partial charge in [-0.15, -0.1) is 0 Å². The van der Waals surface area contributed by atoms with Crippen LogP contribution in [0.4, 0.5) is 5.69 Å². The first-order valence-electron chi connectivity index (χ1n) is 11.9. The molecule has 4 nitrogen and oxygen atoms in total. The number of carbonyl (C=O) groups excluding carboxylic acids is 1. The Morgan fingerprint density at radius 1 is 1.09 bits per heavy atom. The van der Waals surface area contributed by atoms with E-state index in [1.165, 1.54) is 11.1 Å². The van der Waals surface area contributed by atoms with Gasteiger partial charge in [0.2, 0.25) is 0 Å². The van der Waals surface area contributed by atoms with E-state index >= 15 is 0 Å². The maximum Gasteiger partial charge on any atom is 0.192 e. The predicted octanol–water partition coefficient (Wildman–Crippen LogP) is 6.38. The van der Waals surface area contributed by atoms with Gasteiger partial charge in [0, 0.05) is 6.20 Å². The maximum atomic E-state index is 14.3. The van der Waals surface area contributed by atoms with E-state index < -0.39 is 5.41 Å². The van der Waals surface area contributed by atoms with Crippen LogP contribution in [-0.2, 0) is 6.42 Å². The average Bonchev–Trinajstić information content (AvgIpc) is 2.88. The van der Waals surface area contributed by atoms with Gasteiger partial charge in [-0.25, -0.2) is 4.99 Å². The molecule has 0 spiro atoms. The second kappa shape index (κ2) is 10.9. The van der Waals surface area contributed by atoms with Crippen molar-refractivity contribution in [1.82, 2.24) is 4.98 Å². The molecule has 1 aromatic heterocycles. The Hall–Kier alpha value is -3.44. The van der Waals surface area contributed by atoms with Crippen molar-refractivity contribution < 1.29 is 4.79 Å². The van der Waals surface area contributed by atoms with Gasteiger partial charge in [0.25, 0.3) is 0 Å². The highest BCUT2D eigenvalue weighted by Gasteiger charge is 2.46. The molecule has 0 aliphatic heterocycles. The molecule has 3 aromatic rings. The summed E-state index contributed by atoms with van der Waals surface area (Å²) in [6, 6.07) is 21.7. The molecule has 1 aliphatic carbocycles. The minimum Gasteiger partial charge on any atom is -0.404 e. The Kier molecular flexibility index (Phi) is 7.67. The molecule has 1 atom stereocenters. The highest BCUT2D eigenvalue weighted by molar-refractivity contribution is 7.80. The first-order valence-corrected chi connectivity index (χ1v) is 12.5. The molecule has 178 valence electrons. The predicted molar refractivity (Wildman–Crippen MR) is 148 cm³/mol. The number of benzene rings is 2. The molecular formula is C30H31N3OS. The SMILES string of the molecule is Cc1ccc(CC2(C(=O)c3ccccn3)CC(=CN)C(=Nc3ccccc3)C=C2CCS)cc1C. The number of thiol groups is 1. The summed E-state index contributed by atoms with van der Waals surface area (Å²) in [6.45, 7) is 4.20. The molecule has 0 radical (unpaired) electrons. The van der Waals surface area contributed by atoms with Crippen LogP contribution < -0.4 is 5.73 Å². The third-order valence-corrected chi connectivity index (χ3v) is 6.97. The van der Waals surface area contributed by atoms with E-state index in [4.69, 9.17) is 10.7 Å². The number of nitrogens with zero attached hydrogens (tertiary/aromatic N) is 2. The van der Waals surface area contributed by atoms with Crippen molar-refractivity contribution in [2.75, 3.05) is 5.75 Å². The number of nitrogens with two attached hydrogens (primary N) is 1. The fourth-order valence-electron chi connectivity index (χ4n) is 4.73. The minimum absolute atomic E-state index is 0.00229. The van der Waals surface area contributed by atoms with Crippen molar-refractivity contribution in [3.8, 4) is 0 Å². The van der Waals surface area contributed by atoms with Gasteiger partial charge in [-0.1, -0.05) is 48.0 Å². The number of para-hydroxylation sites is 1. The molecule has 0 bridgehead atoms. The number of ketones is 1. The van der Waals surface area contributed by atoms with Crippen LogP contribution in [0, 0.1) is 19.3 Å². The van der Waals surface area contributed by atoms with Gasteiger partial charge in [0.15, 0.2) is 5.78 Å². The first kappa shape index (κ1) is 24.7. The maximum absolute atomic E-state index is 14.3. The largest absolute Gasteiger partial charge is 0.404 e. The van der Waals surface area contributed by atoms with Crippen LogP contribution in [-0.4, -0.2) is 22.2 Å². The monoisotopic (exact) mass is 481 g/mol. The van der Waals surface area contributed by atoms with E-state index in [0.717, 1.165) is 28.1 Å². The molecule has 0 saturated heterocycles. The normalized spacial score (nSPS) is 20.1. The summed E-state index contributed by atoms with van der Waals surface area (Å²) in [6.07, 6.45) is 6.99. The molecule has 2 N–H and O–H groups in total. The lowest BCUT2D eigenvalue weighted by molar-refractivity contribution is 0.0827. The van der Waals surface area contributed by atoms with E-state index in [1.807, 2.05) is 48.5 Å². The Bertz CT molecular complexity index is 1300. The number of aliphatic imine (C=N–C) groups is 1. The average molecular weight is 482 g/mol. The van der Waals surface area contributed by atoms with E-state index in [9.17, 15) is 4.79 Å². The van der Waals surface area contributed by atoms with Gasteiger partial charge >= 0.3 is 0 Å². The van der Waals surface area contributed by atoms with Crippen molar-refractivity contribution in [1.29, 1.82) is 0 Å². The van der Waals surface area contributed by atoms with Gasteiger partial charge in [-0.2, -0.15) is 12.6 Å². The fraction of sp³-hybridized carbons (Fsp3) is 0.233. The van der Waals surface area contributed by atoms with E-state index in [2.05, 4.69) is 49.7 Å². The summed E-state index contributed by atoms with van der Waals surface area (Å²) in [7, 11) is 0. The number of hydrogen-bond donors (Lipinski definition) is 2. The van der Waals surface area contributed by atoms with Crippen LogP contribution in [0.3, 0.4) is 0 Å². The van der Waals surface area contributed by atoms with Crippen molar-refractivity contribution in [3.05, 3.63) is 119 Å². The van der Waals surface area contributed by atoms with Gasteiger partial charge in [-0.05, 0) is 97.7 Å². The Morgan fingerprint density at radius 3 is 2.51 bits per heavy atom. The number of pyridine rings is 1. The van der Waals surface area contributed by atoms with Crippen molar-refractivity contribution in [2.45, 2.75) is 33.1 Å². The molecule has 35 heavy (non-hydrogen) atoms. The highest BCUT2D eigenvalue weighted by Crippen LogP contribution is 2.46. The second-order valence-electron chi connectivity index (χ2n) is 9.07. The summed E-state index contributed by atoms with van der Waals surface area (Å²) in [4.78, 5) is 23.6. The number of carbonyl (C=O) groups is 1. The summed E-state index contributed by atoms with van der Waals surface area (Å²) in [5, 5.41) is 0. The number of Topliss-reactive ketones (excluding diaryl/α,β-unsaturated/α-hetero) is 1. The Labute approximate surface area is 213 Å². The van der Waals surface area contributed by atoms with E-state index in [1.54, 1.807) is 18.5 Å². The van der Waals surface area contributed by atoms with Crippen molar-refractivity contribution >= 4 is 29.8 Å². The van der Waals surface area contributed by atoms with Crippen LogP contribution in [0.5, 0.6) is 0 Å². The van der Waals surface area contributed by atoms with Crippen LogP contribution in [0.1, 0.15) is 40.0 Å². The molecule has 1 aliphatic rings. The topological polar surface area (TPSA) is 68.3 Å². The standard InChI is InChI=1S/C30H31N3OS/c1-21-11-12-23(16-22(21)2)18-30(29(34)27-10-6-7-14-32-27)19-24(20-31)28(17-25(30)13-15-35)33-26-8-4-3-5-9-26/h3-12,14,16-17,20,35H,13,15,18-19,31H2,1-2H3. The van der Waals surface area contributed by atoms with Crippen molar-refractivity contribution in [3.63, 3.8) is 0 Å². The summed E-state index contributed by atoms with van der Waals surface area (Å²) in [5.41, 5.74) is 12.8. The number of rotatable bonds is 7. The summed E-state index contributed by atoms with van der Waals surface area (Å²) >= 11 is 4.55. The summed E-state index contributed by atoms with van der Waals surface area (Å²) < 4.78 is 0. The molecule has 1 heterocycles. The van der Waals surface area contributed by atoms with Gasteiger partial charge in [0.1, 0.15) is 5.69 Å². The van der Waals surface area contributed by atoms with Crippen LogP contribution >= 0.6 is 12.6 Å². The molecule has 5 heteroatoms. The highest BCUT2D eigenvalue weighted by atomic mass is 32.1. The molecule has 4 rings (SSSR count). The van der Waals surface area contributed by atoms with Crippen molar-refractivity contribution in [2.24, 2.45) is 16.1 Å². The van der Waals surface area contributed by atoms with E-state index in [0.29, 0.717) is 30.7 Å². The van der Waals surface area contributed by atoms with Crippen LogP contribution in [0.15, 0.2) is 101 Å². The molecule has 2 aromatic carbocycles. The zero-order valence-electron chi connectivity index (χ0n) is 20.2. The molecule has 0 fully saturated rings. The van der Waals surface area contributed by atoms with Gasteiger partial charge in [0.05, 0.1) is 16.8 Å². The Morgan fingerprint density at radius 2 is 1.86 bits per heavy atom. The lowest BCUT2D eigenvalue weighted by Gasteiger charge is -2.39. The number of hydrogen-bond acceptors (Lipinski definition) is 5. The third-order valence-electron chi connectivity index (χ3n) is 6.74. The lowest BCUT2D eigenvalue weighted by Crippen LogP contribution is -2.40. The number of allylic oxidation sites excluding steroid dienone is 3. The molecule has 0 saturated carbocycles. The lowest BCUT2D eigenvalue weighted by atomic mass is 9.63. The first-order chi connectivity index (χ1) is 17.0. The zero-order chi connectivity index (χ0) is 24.8. The van der Waals surface area contributed by atoms with E-state index in [-0.39, 0.29) is 5.78 Å². The quantitative estimate of drug-likeness (QED) is 0.304. The van der Waals surface area contributed by atoms with Crippen LogP contribution in [0.25, 0.3) is 0 Å². The minimum atomic E-state index is -0.820.